The van der Waals surface area contributed by atoms with Gasteiger partial charge in [-0.2, -0.15) is 0 Å². The average molecular weight is 262 g/mol. The quantitative estimate of drug-likeness (QED) is 0.517. The number of benzene rings is 3. The molecule has 0 saturated heterocycles. The van der Waals surface area contributed by atoms with Gasteiger partial charge in [0.05, 0.1) is 0 Å². The second kappa shape index (κ2) is 4.94. The zero-order valence-electron chi connectivity index (χ0n) is 12.9. The van der Waals surface area contributed by atoms with E-state index in [1.165, 1.54) is 43.8 Å². The Morgan fingerprint density at radius 2 is 1.30 bits per heavy atom. The molecule has 3 rings (SSSR count). The molecule has 0 fully saturated rings. The first-order chi connectivity index (χ1) is 9.69. The summed E-state index contributed by atoms with van der Waals surface area (Å²) in [5.41, 5.74) is 5.84. The Labute approximate surface area is 121 Å². The van der Waals surface area contributed by atoms with Gasteiger partial charge in [-0.15, -0.1) is 0 Å². The average Bonchev–Trinajstić information content (AvgIpc) is 2.48. The van der Waals surface area contributed by atoms with E-state index in [0.717, 1.165) is 12.8 Å². The molecule has 0 aromatic heterocycles. The lowest BCUT2D eigenvalue weighted by Crippen LogP contribution is -1.97. The topological polar surface area (TPSA) is 0 Å². The van der Waals surface area contributed by atoms with Crippen LogP contribution in [0.5, 0.6) is 0 Å². The van der Waals surface area contributed by atoms with Gasteiger partial charge >= 0.3 is 0 Å². The molecule has 0 heterocycles. The van der Waals surface area contributed by atoms with Gasteiger partial charge in [0.25, 0.3) is 0 Å². The molecular weight excluding hydrogens is 240 g/mol. The molecule has 0 atom stereocenters. The first-order valence-electron chi connectivity index (χ1n) is 7.61. The molecule has 3 aromatic rings. The van der Waals surface area contributed by atoms with Crippen molar-refractivity contribution in [2.75, 3.05) is 0 Å². The Kier molecular flexibility index (Phi) is 3.25. The molecule has 0 nitrogen and oxygen atoms in total. The first-order valence-corrected chi connectivity index (χ1v) is 7.61. The summed E-state index contributed by atoms with van der Waals surface area (Å²) >= 11 is 0. The summed E-state index contributed by atoms with van der Waals surface area (Å²) in [4.78, 5) is 0. The molecule has 0 amide bonds. The van der Waals surface area contributed by atoms with Crippen LogP contribution in [0.1, 0.15) is 36.1 Å². The predicted molar refractivity (Wildman–Crippen MR) is 89.7 cm³/mol. The molecule has 0 N–H and O–H groups in total. The van der Waals surface area contributed by atoms with Crippen LogP contribution < -0.4 is 0 Å². The number of fused-ring (bicyclic) bond motifs is 2. The second-order valence-electron chi connectivity index (χ2n) is 5.64. The molecule has 0 aliphatic rings. The fraction of sp³-hybridized carbons (Fsp3) is 0.300. The monoisotopic (exact) mass is 262 g/mol. The summed E-state index contributed by atoms with van der Waals surface area (Å²) in [6, 6.07) is 13.5. The molecule has 102 valence electrons. The number of rotatable bonds is 2. The fourth-order valence-electron chi connectivity index (χ4n) is 3.49. The zero-order chi connectivity index (χ0) is 14.3. The van der Waals surface area contributed by atoms with E-state index in [-0.39, 0.29) is 0 Å². The third-order valence-corrected chi connectivity index (χ3v) is 4.65. The van der Waals surface area contributed by atoms with Crippen LogP contribution in [0.4, 0.5) is 0 Å². The van der Waals surface area contributed by atoms with Crippen molar-refractivity contribution in [1.82, 2.24) is 0 Å². The first kappa shape index (κ1) is 13.2. The Morgan fingerprint density at radius 3 is 1.90 bits per heavy atom. The minimum Gasteiger partial charge on any atom is -0.0616 e. The van der Waals surface area contributed by atoms with Gasteiger partial charge in [-0.3, -0.25) is 0 Å². The van der Waals surface area contributed by atoms with Crippen LogP contribution in [-0.4, -0.2) is 0 Å². The predicted octanol–water partition coefficient (Wildman–Crippen LogP) is 5.73. The Bertz CT molecular complexity index is 794. The fourth-order valence-corrected chi connectivity index (χ4v) is 3.49. The van der Waals surface area contributed by atoms with Gasteiger partial charge in [0, 0.05) is 0 Å². The lowest BCUT2D eigenvalue weighted by atomic mass is 9.86. The van der Waals surface area contributed by atoms with Crippen LogP contribution in [0.3, 0.4) is 0 Å². The van der Waals surface area contributed by atoms with Crippen molar-refractivity contribution in [1.29, 1.82) is 0 Å². The van der Waals surface area contributed by atoms with Crippen LogP contribution in [0.25, 0.3) is 21.5 Å². The van der Waals surface area contributed by atoms with E-state index in [2.05, 4.69) is 64.1 Å². The van der Waals surface area contributed by atoms with E-state index < -0.39 is 0 Å². The summed E-state index contributed by atoms with van der Waals surface area (Å²) in [6.45, 7) is 9.02. The molecule has 0 bridgehead atoms. The SMILES string of the molecule is CCc1c2ccccc2c(CC)c2c(C)c(C)ccc12. The molecule has 0 spiro atoms. The van der Waals surface area contributed by atoms with Crippen molar-refractivity contribution in [2.45, 2.75) is 40.5 Å². The summed E-state index contributed by atoms with van der Waals surface area (Å²) in [6.07, 6.45) is 2.18. The lowest BCUT2D eigenvalue weighted by molar-refractivity contribution is 1.15. The largest absolute Gasteiger partial charge is 0.0616 e. The highest BCUT2D eigenvalue weighted by atomic mass is 14.2. The van der Waals surface area contributed by atoms with Crippen molar-refractivity contribution >= 4 is 21.5 Å². The van der Waals surface area contributed by atoms with Crippen LogP contribution in [0.15, 0.2) is 36.4 Å². The second-order valence-corrected chi connectivity index (χ2v) is 5.64. The van der Waals surface area contributed by atoms with E-state index in [1.807, 2.05) is 0 Å². The Hall–Kier alpha value is -1.82. The third-order valence-electron chi connectivity index (χ3n) is 4.65. The van der Waals surface area contributed by atoms with Crippen LogP contribution in [0, 0.1) is 13.8 Å². The number of hydrogen-bond acceptors (Lipinski definition) is 0. The summed E-state index contributed by atoms with van der Waals surface area (Å²) in [5.74, 6) is 0. The Balaban J connectivity index is 2.66. The molecule has 3 aromatic carbocycles. The van der Waals surface area contributed by atoms with Crippen LogP contribution in [-0.2, 0) is 12.8 Å². The highest BCUT2D eigenvalue weighted by Gasteiger charge is 2.13. The van der Waals surface area contributed by atoms with Gasteiger partial charge in [-0.05, 0) is 70.5 Å². The van der Waals surface area contributed by atoms with Gasteiger partial charge in [0.1, 0.15) is 0 Å². The lowest BCUT2D eigenvalue weighted by Gasteiger charge is -2.18. The maximum Gasteiger partial charge on any atom is -0.0111 e. The minimum absolute atomic E-state index is 1.09. The molecule has 0 aliphatic heterocycles. The van der Waals surface area contributed by atoms with Crippen molar-refractivity contribution in [3.63, 3.8) is 0 Å². The van der Waals surface area contributed by atoms with Crippen molar-refractivity contribution in [3.05, 3.63) is 58.7 Å². The van der Waals surface area contributed by atoms with Gasteiger partial charge in [0.2, 0.25) is 0 Å². The Morgan fingerprint density at radius 1 is 0.700 bits per heavy atom. The summed E-state index contributed by atoms with van der Waals surface area (Å²) in [5, 5.41) is 5.81. The molecule has 20 heavy (non-hydrogen) atoms. The van der Waals surface area contributed by atoms with E-state index in [9.17, 15) is 0 Å². The van der Waals surface area contributed by atoms with E-state index >= 15 is 0 Å². The summed E-state index contributed by atoms with van der Waals surface area (Å²) in [7, 11) is 0. The highest BCUT2D eigenvalue weighted by Crippen LogP contribution is 2.36. The van der Waals surface area contributed by atoms with Gasteiger partial charge in [-0.1, -0.05) is 50.2 Å². The minimum atomic E-state index is 1.09. The highest BCUT2D eigenvalue weighted by molar-refractivity contribution is 6.07. The van der Waals surface area contributed by atoms with Gasteiger partial charge in [-0.25, -0.2) is 0 Å². The maximum absolute atomic E-state index is 2.32. The standard InChI is InChI=1S/C20H22/c1-5-15-17-9-7-8-10-18(17)16(6-2)20-14(4)13(3)11-12-19(15)20/h7-12H,5-6H2,1-4H3. The third kappa shape index (κ3) is 1.75. The van der Waals surface area contributed by atoms with Crippen LogP contribution >= 0.6 is 0 Å². The van der Waals surface area contributed by atoms with Crippen molar-refractivity contribution in [3.8, 4) is 0 Å². The molecule has 0 radical (unpaired) electrons. The molecule has 0 unspecified atom stereocenters. The zero-order valence-corrected chi connectivity index (χ0v) is 12.9. The van der Waals surface area contributed by atoms with Crippen molar-refractivity contribution in [2.24, 2.45) is 0 Å². The summed E-state index contributed by atoms with van der Waals surface area (Å²) < 4.78 is 0. The van der Waals surface area contributed by atoms with Gasteiger partial charge in [0.15, 0.2) is 0 Å². The van der Waals surface area contributed by atoms with Crippen molar-refractivity contribution < 1.29 is 0 Å². The van der Waals surface area contributed by atoms with Gasteiger partial charge < -0.3 is 0 Å². The van der Waals surface area contributed by atoms with E-state index in [4.69, 9.17) is 0 Å². The smallest absolute Gasteiger partial charge is 0.0111 e. The van der Waals surface area contributed by atoms with Crippen LogP contribution in [0.2, 0.25) is 0 Å². The molecular formula is C20H22. The maximum atomic E-state index is 2.32. The van der Waals surface area contributed by atoms with E-state index in [0.29, 0.717) is 0 Å². The number of hydrogen-bond donors (Lipinski definition) is 0. The number of aryl methyl sites for hydroxylation is 4. The molecule has 0 aliphatic carbocycles. The molecule has 0 saturated carbocycles. The molecule has 0 heteroatoms. The normalized spacial score (nSPS) is 11.4. The van der Waals surface area contributed by atoms with E-state index in [1.54, 1.807) is 0 Å².